The zero-order valence-corrected chi connectivity index (χ0v) is 21.2. The van der Waals surface area contributed by atoms with Crippen LogP contribution in [-0.4, -0.2) is 92.7 Å². The van der Waals surface area contributed by atoms with Gasteiger partial charge in [-0.25, -0.2) is 4.79 Å². The Morgan fingerprint density at radius 1 is 1.21 bits per heavy atom. The van der Waals surface area contributed by atoms with Gasteiger partial charge in [0.15, 0.2) is 0 Å². The number of nitrogens with one attached hydrogen (secondary N) is 1. The fourth-order valence-corrected chi connectivity index (χ4v) is 6.29. The van der Waals surface area contributed by atoms with E-state index in [-0.39, 0.29) is 24.4 Å². The molecule has 1 aliphatic carbocycles. The second kappa shape index (κ2) is 11.5. The average Bonchev–Trinajstić information content (AvgIpc) is 3.08. The molecule has 0 bridgehead atoms. The molecule has 3 amide bonds. The maximum absolute atomic E-state index is 13.5. The monoisotopic (exact) mass is 480 g/mol. The van der Waals surface area contributed by atoms with Crippen molar-refractivity contribution in [2.24, 2.45) is 11.8 Å². The van der Waals surface area contributed by atoms with E-state index in [9.17, 15) is 9.59 Å². The standard InChI is InChI=1S/C23H40N6O3S/c1-5-28(6-2)8-7-26-23(31)29(9-10-32-4)22(30)16-11-15-12-17-19(33-21(25)20(17)24)13-18(15)27(3)14-16/h15-16,18H,5-14,24-25H2,1-4H3,(H,26,31)/t15-,16-,18-/m1/s1. The first-order chi connectivity index (χ1) is 15.8. The molecule has 0 aromatic carbocycles. The molecule has 0 saturated carbocycles. The van der Waals surface area contributed by atoms with E-state index in [0.29, 0.717) is 42.3 Å². The number of piperidine rings is 1. The molecule has 2 aliphatic rings. The predicted octanol–water partition coefficient (Wildman–Crippen LogP) is 1.47. The Hall–Kier alpha value is -1.88. The number of methoxy groups -OCH3 is 1. The van der Waals surface area contributed by atoms with Gasteiger partial charge in [0, 0.05) is 37.7 Å². The normalized spacial score (nSPS) is 22.6. The maximum atomic E-state index is 13.5. The number of hydrogen-bond donors (Lipinski definition) is 3. The Morgan fingerprint density at radius 2 is 1.94 bits per heavy atom. The number of nitrogens with zero attached hydrogens (tertiary/aromatic N) is 3. The van der Waals surface area contributed by atoms with Crippen molar-refractivity contribution < 1.29 is 14.3 Å². The molecular formula is C23H40N6O3S. The number of nitrogens with two attached hydrogens (primary N) is 2. The molecule has 0 spiro atoms. The third-order valence-electron chi connectivity index (χ3n) is 7.21. The number of urea groups is 1. The maximum Gasteiger partial charge on any atom is 0.324 e. The van der Waals surface area contributed by atoms with E-state index < -0.39 is 0 Å². The summed E-state index contributed by atoms with van der Waals surface area (Å²) in [6.07, 6.45) is 2.50. The molecule has 0 unspecified atom stereocenters. The van der Waals surface area contributed by atoms with Gasteiger partial charge in [0.1, 0.15) is 5.00 Å². The Morgan fingerprint density at radius 3 is 2.61 bits per heavy atom. The number of anilines is 2. The Bertz CT molecular complexity index is 827. The highest BCUT2D eigenvalue weighted by molar-refractivity contribution is 7.16. The van der Waals surface area contributed by atoms with Gasteiger partial charge in [0.2, 0.25) is 5.91 Å². The summed E-state index contributed by atoms with van der Waals surface area (Å²) >= 11 is 1.59. The summed E-state index contributed by atoms with van der Waals surface area (Å²) in [5, 5.41) is 3.62. The van der Waals surface area contributed by atoms with Gasteiger partial charge in [-0.3, -0.25) is 9.69 Å². The highest BCUT2D eigenvalue weighted by Gasteiger charge is 2.42. The number of amides is 3. The lowest BCUT2D eigenvalue weighted by atomic mass is 9.74. The van der Waals surface area contributed by atoms with E-state index in [1.54, 1.807) is 18.4 Å². The zero-order chi connectivity index (χ0) is 24.1. The summed E-state index contributed by atoms with van der Waals surface area (Å²) in [6, 6.07) is 0.0316. The lowest BCUT2D eigenvalue weighted by Gasteiger charge is -2.45. The molecule has 33 heavy (non-hydrogen) atoms. The number of rotatable bonds is 9. The van der Waals surface area contributed by atoms with Crippen molar-refractivity contribution in [2.75, 3.05) is 71.5 Å². The summed E-state index contributed by atoms with van der Waals surface area (Å²) < 4.78 is 5.18. The molecule has 10 heteroatoms. The first kappa shape index (κ1) is 25.7. The topological polar surface area (TPSA) is 117 Å². The molecule has 1 fully saturated rings. The summed E-state index contributed by atoms with van der Waals surface area (Å²) in [5.41, 5.74) is 14.2. The molecule has 0 radical (unpaired) electrons. The lowest BCUT2D eigenvalue weighted by molar-refractivity contribution is -0.136. The molecule has 5 N–H and O–H groups in total. The van der Waals surface area contributed by atoms with Crippen LogP contribution in [-0.2, 0) is 22.4 Å². The van der Waals surface area contributed by atoms with Crippen LogP contribution in [0.3, 0.4) is 0 Å². The molecule has 3 rings (SSSR count). The van der Waals surface area contributed by atoms with Crippen molar-refractivity contribution in [2.45, 2.75) is 39.2 Å². The SMILES string of the molecule is CCN(CC)CCNC(=O)N(CCOC)C(=O)[C@@H]1C[C@@H]2Cc3c(sc(N)c3N)C[C@H]2N(C)C1. The van der Waals surface area contributed by atoms with Crippen LogP contribution in [0.4, 0.5) is 15.5 Å². The second-order valence-corrected chi connectivity index (χ2v) is 10.3. The molecular weight excluding hydrogens is 440 g/mol. The number of carbonyl (C=O) groups is 2. The summed E-state index contributed by atoms with van der Waals surface area (Å²) in [4.78, 5) is 33.6. The Kier molecular flexibility index (Phi) is 8.97. The van der Waals surface area contributed by atoms with Crippen molar-refractivity contribution in [1.29, 1.82) is 0 Å². The highest BCUT2D eigenvalue weighted by atomic mass is 32.1. The molecule has 1 saturated heterocycles. The van der Waals surface area contributed by atoms with Crippen LogP contribution in [0.5, 0.6) is 0 Å². The van der Waals surface area contributed by atoms with Crippen LogP contribution in [0.25, 0.3) is 0 Å². The van der Waals surface area contributed by atoms with Crippen LogP contribution >= 0.6 is 11.3 Å². The third-order valence-corrected chi connectivity index (χ3v) is 8.30. The van der Waals surface area contributed by atoms with Gasteiger partial charge in [0.05, 0.1) is 24.8 Å². The van der Waals surface area contributed by atoms with Gasteiger partial charge in [-0.15, -0.1) is 11.3 Å². The summed E-state index contributed by atoms with van der Waals surface area (Å²) in [7, 11) is 3.66. The lowest BCUT2D eigenvalue weighted by Crippen LogP contribution is -2.56. The van der Waals surface area contributed by atoms with Gasteiger partial charge in [0.25, 0.3) is 0 Å². The number of ether oxygens (including phenoxy) is 1. The predicted molar refractivity (Wildman–Crippen MR) is 133 cm³/mol. The molecule has 9 nitrogen and oxygen atoms in total. The minimum atomic E-state index is -0.338. The molecule has 3 atom stereocenters. The van der Waals surface area contributed by atoms with Crippen molar-refractivity contribution in [3.63, 3.8) is 0 Å². The van der Waals surface area contributed by atoms with Gasteiger partial charge in [-0.05, 0) is 50.9 Å². The minimum Gasteiger partial charge on any atom is -0.396 e. The van der Waals surface area contributed by atoms with E-state index in [1.165, 1.54) is 9.78 Å². The largest absolute Gasteiger partial charge is 0.396 e. The number of nitrogen functional groups attached to an aromatic ring is 2. The summed E-state index contributed by atoms with van der Waals surface area (Å²) in [6.45, 7) is 8.52. The fourth-order valence-electron chi connectivity index (χ4n) is 5.22. The molecule has 1 aromatic rings. The number of imide groups is 1. The molecule has 1 aliphatic heterocycles. The van der Waals surface area contributed by atoms with Crippen molar-refractivity contribution in [3.05, 3.63) is 10.4 Å². The zero-order valence-electron chi connectivity index (χ0n) is 20.4. The number of hydrogen-bond acceptors (Lipinski definition) is 8. The number of fused-ring (bicyclic) bond motifs is 2. The quantitative estimate of drug-likeness (QED) is 0.490. The van der Waals surface area contributed by atoms with E-state index in [1.807, 2.05) is 0 Å². The third kappa shape index (κ3) is 5.79. The fraction of sp³-hybridized carbons (Fsp3) is 0.739. The molecule has 186 valence electrons. The van der Waals surface area contributed by atoms with Crippen LogP contribution in [0, 0.1) is 11.8 Å². The Balaban J connectivity index is 1.67. The first-order valence-electron chi connectivity index (χ1n) is 12.0. The van der Waals surface area contributed by atoms with E-state index in [0.717, 1.165) is 44.5 Å². The average molecular weight is 481 g/mol. The van der Waals surface area contributed by atoms with E-state index in [2.05, 4.69) is 36.0 Å². The van der Waals surface area contributed by atoms with Gasteiger partial charge in [-0.2, -0.15) is 0 Å². The van der Waals surface area contributed by atoms with Gasteiger partial charge < -0.3 is 31.3 Å². The van der Waals surface area contributed by atoms with Crippen molar-refractivity contribution in [1.82, 2.24) is 20.0 Å². The molecule has 2 heterocycles. The Labute approximate surface area is 201 Å². The number of likely N-dealkylation sites (tertiary alicyclic amines) is 1. The molecule has 1 aromatic heterocycles. The smallest absolute Gasteiger partial charge is 0.324 e. The van der Waals surface area contributed by atoms with Crippen molar-refractivity contribution in [3.8, 4) is 0 Å². The van der Waals surface area contributed by atoms with Gasteiger partial charge >= 0.3 is 6.03 Å². The second-order valence-electron chi connectivity index (χ2n) is 9.13. The van der Waals surface area contributed by atoms with Gasteiger partial charge in [-0.1, -0.05) is 13.8 Å². The van der Waals surface area contributed by atoms with Crippen LogP contribution < -0.4 is 16.8 Å². The summed E-state index contributed by atoms with van der Waals surface area (Å²) in [5.74, 6) is -0.0433. The number of thiophene rings is 1. The van der Waals surface area contributed by atoms with Crippen molar-refractivity contribution >= 4 is 34.0 Å². The van der Waals surface area contributed by atoms with E-state index in [4.69, 9.17) is 16.2 Å². The number of likely N-dealkylation sites (N-methyl/N-ethyl adjacent to an activating group) is 2. The van der Waals surface area contributed by atoms with Crippen LogP contribution in [0.2, 0.25) is 0 Å². The van der Waals surface area contributed by atoms with E-state index >= 15 is 0 Å². The van der Waals surface area contributed by atoms with Crippen LogP contribution in [0.15, 0.2) is 0 Å². The minimum absolute atomic E-state index is 0.124. The highest BCUT2D eigenvalue weighted by Crippen LogP contribution is 2.44. The first-order valence-corrected chi connectivity index (χ1v) is 12.8. The number of carbonyl (C=O) groups excluding carboxylic acids is 2. The van der Waals surface area contributed by atoms with Crippen LogP contribution in [0.1, 0.15) is 30.7 Å².